The van der Waals surface area contributed by atoms with Gasteiger partial charge in [-0.1, -0.05) is 18.2 Å². The second-order valence-electron chi connectivity index (χ2n) is 7.88. The van der Waals surface area contributed by atoms with Crippen molar-refractivity contribution in [3.05, 3.63) is 65.5 Å². The third kappa shape index (κ3) is 3.94. The number of benzene rings is 2. The molecule has 154 valence electrons. The van der Waals surface area contributed by atoms with E-state index in [-0.39, 0.29) is 23.3 Å². The van der Waals surface area contributed by atoms with Crippen molar-refractivity contribution in [2.45, 2.75) is 24.6 Å². The highest BCUT2D eigenvalue weighted by Gasteiger charge is 2.49. The molecule has 2 amide bonds. The molecule has 1 unspecified atom stereocenters. The van der Waals surface area contributed by atoms with E-state index in [1.165, 1.54) is 24.3 Å². The van der Waals surface area contributed by atoms with Gasteiger partial charge in [0.2, 0.25) is 0 Å². The number of nitrogens with one attached hydrogen (secondary N) is 1. The second-order valence-corrected chi connectivity index (χ2v) is 7.88. The topological polar surface area (TPSA) is 52.6 Å². The molecule has 8 heteroatoms. The fourth-order valence-electron chi connectivity index (χ4n) is 4.49. The van der Waals surface area contributed by atoms with Gasteiger partial charge in [0, 0.05) is 18.8 Å². The van der Waals surface area contributed by atoms with Gasteiger partial charge in [0.05, 0.1) is 11.2 Å². The van der Waals surface area contributed by atoms with E-state index in [4.69, 9.17) is 0 Å². The zero-order valence-electron chi connectivity index (χ0n) is 15.4. The Hall–Kier alpha value is -2.61. The van der Waals surface area contributed by atoms with Gasteiger partial charge in [-0.3, -0.25) is 0 Å². The number of fused-ring (bicyclic) bond motifs is 1. The summed E-state index contributed by atoms with van der Waals surface area (Å²) in [4.78, 5) is 14.1. The Kier molecular flexibility index (Phi) is 4.77. The van der Waals surface area contributed by atoms with Crippen molar-refractivity contribution in [2.75, 3.05) is 18.4 Å². The molecule has 4 rings (SSSR count). The van der Waals surface area contributed by atoms with Crippen molar-refractivity contribution in [3.63, 3.8) is 0 Å². The first kappa shape index (κ1) is 19.7. The molecule has 1 saturated heterocycles. The number of urea groups is 1. The highest BCUT2D eigenvalue weighted by atomic mass is 19.4. The van der Waals surface area contributed by atoms with Crippen molar-refractivity contribution in [1.29, 1.82) is 0 Å². The lowest BCUT2D eigenvalue weighted by molar-refractivity contribution is -0.137. The molecular weight excluding hydrogens is 388 g/mol. The van der Waals surface area contributed by atoms with Crippen LogP contribution >= 0.6 is 0 Å². The summed E-state index contributed by atoms with van der Waals surface area (Å²) in [5.41, 5.74) is -1.12. The maximum absolute atomic E-state index is 13.1. The lowest BCUT2D eigenvalue weighted by Gasteiger charge is -2.26. The van der Waals surface area contributed by atoms with Crippen LogP contribution in [0.1, 0.15) is 24.0 Å². The number of hydrogen-bond donors (Lipinski definition) is 2. The van der Waals surface area contributed by atoms with Gasteiger partial charge in [-0.05, 0) is 60.6 Å². The summed E-state index contributed by atoms with van der Waals surface area (Å²) in [6.45, 7) is 0.831. The first-order chi connectivity index (χ1) is 13.6. The van der Waals surface area contributed by atoms with E-state index in [2.05, 4.69) is 5.32 Å². The summed E-state index contributed by atoms with van der Waals surface area (Å²) in [6.07, 6.45) is -3.57. The van der Waals surface area contributed by atoms with Gasteiger partial charge >= 0.3 is 12.2 Å². The third-order valence-corrected chi connectivity index (χ3v) is 5.89. The number of alkyl halides is 3. The third-order valence-electron chi connectivity index (χ3n) is 5.89. The summed E-state index contributed by atoms with van der Waals surface area (Å²) < 4.78 is 51.6. The van der Waals surface area contributed by atoms with E-state index in [9.17, 15) is 27.5 Å². The molecule has 0 bridgehead atoms. The van der Waals surface area contributed by atoms with Crippen molar-refractivity contribution in [2.24, 2.45) is 11.8 Å². The minimum absolute atomic E-state index is 0.0808. The molecule has 2 aliphatic rings. The minimum Gasteiger partial charge on any atom is -0.385 e. The summed E-state index contributed by atoms with van der Waals surface area (Å²) in [5.74, 6) is -0.206. The van der Waals surface area contributed by atoms with Crippen LogP contribution in [0.3, 0.4) is 0 Å². The number of carbonyl (C=O) groups excluding carboxylic acids is 1. The van der Waals surface area contributed by atoms with Crippen LogP contribution in [-0.4, -0.2) is 29.1 Å². The number of halogens is 4. The Bertz CT molecular complexity index is 900. The molecular formula is C21H20F4N2O2. The molecule has 2 aromatic rings. The predicted molar refractivity (Wildman–Crippen MR) is 98.5 cm³/mol. The zero-order valence-corrected chi connectivity index (χ0v) is 15.4. The van der Waals surface area contributed by atoms with E-state index in [1.54, 1.807) is 17.0 Å². The maximum atomic E-state index is 13.1. The first-order valence-corrected chi connectivity index (χ1v) is 9.36. The van der Waals surface area contributed by atoms with Crippen molar-refractivity contribution in [1.82, 2.24) is 4.90 Å². The Morgan fingerprint density at radius 3 is 2.28 bits per heavy atom. The molecule has 29 heavy (non-hydrogen) atoms. The average Bonchev–Trinajstić information content (AvgIpc) is 3.17. The highest BCUT2D eigenvalue weighted by molar-refractivity contribution is 5.89. The molecule has 2 aromatic carbocycles. The summed E-state index contributed by atoms with van der Waals surface area (Å²) >= 11 is 0. The van der Waals surface area contributed by atoms with Gasteiger partial charge in [0.15, 0.2) is 0 Å². The van der Waals surface area contributed by atoms with Crippen LogP contribution in [0.4, 0.5) is 28.0 Å². The smallest absolute Gasteiger partial charge is 0.385 e. The standard InChI is InChI=1S/C21H20F4N2O2/c22-17-6-4-15(5-7-17)20(29)9-13-11-27(12-14(13)10-20)19(28)26-18-3-1-2-16(8-18)21(23,24)25/h1-8,13-14,29H,9-12H2,(H,26,28)/t13-,14+,20?. The number of carbonyl (C=O) groups is 1. The molecule has 1 heterocycles. The number of aliphatic hydroxyl groups is 1. The number of hydrogen-bond acceptors (Lipinski definition) is 2. The van der Waals surface area contributed by atoms with E-state index in [0.717, 1.165) is 12.1 Å². The molecule has 4 nitrogen and oxygen atoms in total. The fourth-order valence-corrected chi connectivity index (χ4v) is 4.49. The summed E-state index contributed by atoms with van der Waals surface area (Å²) in [7, 11) is 0. The van der Waals surface area contributed by atoms with Gasteiger partial charge < -0.3 is 15.3 Å². The molecule has 0 aromatic heterocycles. The lowest BCUT2D eigenvalue weighted by atomic mass is 9.90. The Labute approximate surface area is 165 Å². The lowest BCUT2D eigenvalue weighted by Crippen LogP contribution is -2.35. The fraction of sp³-hybridized carbons (Fsp3) is 0.381. The van der Waals surface area contributed by atoms with Crippen LogP contribution < -0.4 is 5.32 Å². The quantitative estimate of drug-likeness (QED) is 0.714. The van der Waals surface area contributed by atoms with Crippen LogP contribution in [0.2, 0.25) is 0 Å². The molecule has 2 fully saturated rings. The number of amides is 2. The van der Waals surface area contributed by atoms with Crippen LogP contribution in [0.25, 0.3) is 0 Å². The SMILES string of the molecule is O=C(Nc1cccc(C(F)(F)F)c1)N1C[C@@H]2CC(O)(c3ccc(F)cc3)C[C@@H]2C1. The van der Waals surface area contributed by atoms with E-state index in [0.29, 0.717) is 31.5 Å². The van der Waals surface area contributed by atoms with Crippen molar-refractivity contribution in [3.8, 4) is 0 Å². The largest absolute Gasteiger partial charge is 0.416 e. The van der Waals surface area contributed by atoms with Crippen LogP contribution in [0.5, 0.6) is 0 Å². The monoisotopic (exact) mass is 408 g/mol. The summed E-state index contributed by atoms with van der Waals surface area (Å²) in [5, 5.41) is 13.5. The molecule has 3 atom stereocenters. The van der Waals surface area contributed by atoms with Gasteiger partial charge in [-0.15, -0.1) is 0 Å². The van der Waals surface area contributed by atoms with Crippen LogP contribution in [0, 0.1) is 17.7 Å². The first-order valence-electron chi connectivity index (χ1n) is 9.36. The Morgan fingerprint density at radius 1 is 1.07 bits per heavy atom. The highest BCUT2D eigenvalue weighted by Crippen LogP contribution is 2.49. The molecule has 1 saturated carbocycles. The molecule has 2 N–H and O–H groups in total. The Balaban J connectivity index is 1.39. The van der Waals surface area contributed by atoms with E-state index >= 15 is 0 Å². The van der Waals surface area contributed by atoms with Crippen molar-refractivity contribution < 1.29 is 27.5 Å². The average molecular weight is 408 g/mol. The second kappa shape index (κ2) is 7.02. The van der Waals surface area contributed by atoms with Gasteiger partial charge in [-0.25, -0.2) is 9.18 Å². The maximum Gasteiger partial charge on any atom is 0.416 e. The van der Waals surface area contributed by atoms with Gasteiger partial charge in [0.25, 0.3) is 0 Å². The molecule has 1 aliphatic heterocycles. The van der Waals surface area contributed by atoms with Gasteiger partial charge in [0.1, 0.15) is 5.82 Å². The zero-order chi connectivity index (χ0) is 20.8. The molecule has 0 radical (unpaired) electrons. The predicted octanol–water partition coefficient (Wildman–Crippen LogP) is 4.61. The summed E-state index contributed by atoms with van der Waals surface area (Å²) in [6, 6.07) is 9.85. The Morgan fingerprint density at radius 2 is 1.69 bits per heavy atom. The number of anilines is 1. The normalized spacial score (nSPS) is 26.4. The van der Waals surface area contributed by atoms with E-state index in [1.807, 2.05) is 0 Å². The van der Waals surface area contributed by atoms with Gasteiger partial charge in [-0.2, -0.15) is 13.2 Å². The molecule has 1 aliphatic carbocycles. The van der Waals surface area contributed by atoms with E-state index < -0.39 is 23.4 Å². The number of rotatable bonds is 2. The minimum atomic E-state index is -4.48. The molecule has 0 spiro atoms. The number of nitrogens with zero attached hydrogens (tertiary/aromatic N) is 1. The van der Waals surface area contributed by atoms with Crippen LogP contribution in [0.15, 0.2) is 48.5 Å². The van der Waals surface area contributed by atoms with Crippen molar-refractivity contribution >= 4 is 11.7 Å². The number of likely N-dealkylation sites (tertiary alicyclic amines) is 1. The van der Waals surface area contributed by atoms with Crippen LogP contribution in [-0.2, 0) is 11.8 Å².